The molecule has 0 radical (unpaired) electrons. The summed E-state index contributed by atoms with van der Waals surface area (Å²) < 4.78 is 3.23. The summed E-state index contributed by atoms with van der Waals surface area (Å²) in [5, 5.41) is 15.4. The van der Waals surface area contributed by atoms with Crippen molar-refractivity contribution >= 4 is 21.4 Å². The molecule has 0 saturated heterocycles. The fourth-order valence-electron chi connectivity index (χ4n) is 2.18. The lowest BCUT2D eigenvalue weighted by atomic mass is 10.1. The normalized spacial score (nSPS) is 12.1. The third-order valence-electron chi connectivity index (χ3n) is 3.28. The molecule has 0 aliphatic heterocycles. The molecule has 0 saturated carbocycles. The van der Waals surface area contributed by atoms with Gasteiger partial charge in [0.05, 0.1) is 18.4 Å². The molecule has 2 aromatic heterocycles. The van der Waals surface area contributed by atoms with E-state index in [1.165, 1.54) is 15.6 Å². The van der Waals surface area contributed by atoms with Crippen LogP contribution in [-0.4, -0.2) is 20.5 Å². The van der Waals surface area contributed by atoms with E-state index in [2.05, 4.69) is 66.0 Å². The molecule has 3 rings (SSSR count). The Kier molecular flexibility index (Phi) is 3.78. The second-order valence-corrected chi connectivity index (χ2v) is 7.18. The molecular weight excluding hydrogens is 280 g/mol. The van der Waals surface area contributed by atoms with Crippen LogP contribution in [0.2, 0.25) is 0 Å². The van der Waals surface area contributed by atoms with Crippen molar-refractivity contribution in [2.24, 2.45) is 0 Å². The van der Waals surface area contributed by atoms with Crippen molar-refractivity contribution in [2.45, 2.75) is 39.4 Å². The Morgan fingerprint density at radius 1 is 1.24 bits per heavy atom. The molecule has 3 aromatic rings. The van der Waals surface area contributed by atoms with Crippen molar-refractivity contribution in [3.05, 3.63) is 47.1 Å². The van der Waals surface area contributed by atoms with Gasteiger partial charge in [-0.1, -0.05) is 23.4 Å². The lowest BCUT2D eigenvalue weighted by molar-refractivity contribution is 0.421. The first-order valence-electron chi connectivity index (χ1n) is 7.10. The third-order valence-corrected chi connectivity index (χ3v) is 4.29. The van der Waals surface area contributed by atoms with Gasteiger partial charge in [-0.3, -0.25) is 0 Å². The molecule has 2 heterocycles. The molecule has 0 aliphatic rings. The fourth-order valence-corrected chi connectivity index (χ4v) is 3.14. The summed E-state index contributed by atoms with van der Waals surface area (Å²) in [7, 11) is 0. The molecule has 4 nitrogen and oxygen atoms in total. The minimum absolute atomic E-state index is 0.0906. The van der Waals surface area contributed by atoms with Gasteiger partial charge >= 0.3 is 0 Å². The summed E-state index contributed by atoms with van der Waals surface area (Å²) in [4.78, 5) is 0. The monoisotopic (exact) mass is 300 g/mol. The first kappa shape index (κ1) is 14.2. The summed E-state index contributed by atoms with van der Waals surface area (Å²) in [5.41, 5.74) is 2.37. The highest BCUT2D eigenvalue weighted by molar-refractivity contribution is 7.17. The standard InChI is InChI=1S/C16H20N4S/c1-16(2,3)17-8-13-10-20(19-18-13)9-12-11-21-15-7-5-4-6-14(12)15/h4-7,10-11,17H,8-9H2,1-3H3. The van der Waals surface area contributed by atoms with Crippen LogP contribution in [0.1, 0.15) is 32.0 Å². The Labute approximate surface area is 128 Å². The van der Waals surface area contributed by atoms with Crippen molar-refractivity contribution in [2.75, 3.05) is 0 Å². The maximum Gasteiger partial charge on any atom is 0.0965 e. The molecule has 0 unspecified atom stereocenters. The number of rotatable bonds is 4. The second-order valence-electron chi connectivity index (χ2n) is 6.27. The van der Waals surface area contributed by atoms with Crippen molar-refractivity contribution in [3.63, 3.8) is 0 Å². The molecule has 1 aromatic carbocycles. The topological polar surface area (TPSA) is 42.7 Å². The Bertz CT molecular complexity index is 736. The molecule has 0 fully saturated rings. The second kappa shape index (κ2) is 5.58. The molecule has 0 spiro atoms. The Balaban J connectivity index is 1.72. The minimum atomic E-state index is 0.0906. The van der Waals surface area contributed by atoms with Gasteiger partial charge in [0, 0.05) is 16.8 Å². The van der Waals surface area contributed by atoms with Crippen LogP contribution in [-0.2, 0) is 13.1 Å². The number of thiophene rings is 1. The lowest BCUT2D eigenvalue weighted by Crippen LogP contribution is -2.35. The van der Waals surface area contributed by atoms with E-state index in [0.717, 1.165) is 18.8 Å². The molecule has 0 amide bonds. The Hall–Kier alpha value is -1.72. The Morgan fingerprint density at radius 3 is 2.86 bits per heavy atom. The summed E-state index contributed by atoms with van der Waals surface area (Å²) in [6, 6.07) is 8.48. The molecule has 0 bridgehead atoms. The average Bonchev–Trinajstić information content (AvgIpc) is 3.04. The van der Waals surface area contributed by atoms with Crippen LogP contribution in [0.4, 0.5) is 0 Å². The smallest absolute Gasteiger partial charge is 0.0965 e. The number of aromatic nitrogens is 3. The number of nitrogens with zero attached hydrogens (tertiary/aromatic N) is 3. The van der Waals surface area contributed by atoms with E-state index in [1.54, 1.807) is 11.3 Å². The van der Waals surface area contributed by atoms with Crippen LogP contribution in [0.3, 0.4) is 0 Å². The highest BCUT2D eigenvalue weighted by atomic mass is 32.1. The largest absolute Gasteiger partial charge is 0.306 e. The zero-order chi connectivity index (χ0) is 14.9. The van der Waals surface area contributed by atoms with E-state index in [4.69, 9.17) is 0 Å². The number of hydrogen-bond acceptors (Lipinski definition) is 4. The predicted octanol–water partition coefficient (Wildman–Crippen LogP) is 3.43. The van der Waals surface area contributed by atoms with Crippen LogP contribution >= 0.6 is 11.3 Å². The van der Waals surface area contributed by atoms with Gasteiger partial charge in [0.15, 0.2) is 0 Å². The summed E-state index contributed by atoms with van der Waals surface area (Å²) in [5.74, 6) is 0. The van der Waals surface area contributed by atoms with Crippen LogP contribution in [0.25, 0.3) is 10.1 Å². The highest BCUT2D eigenvalue weighted by Crippen LogP contribution is 2.26. The zero-order valence-corrected chi connectivity index (χ0v) is 13.4. The van der Waals surface area contributed by atoms with E-state index in [9.17, 15) is 0 Å². The van der Waals surface area contributed by atoms with Crippen LogP contribution in [0, 0.1) is 0 Å². The van der Waals surface area contributed by atoms with E-state index >= 15 is 0 Å². The minimum Gasteiger partial charge on any atom is -0.306 e. The van der Waals surface area contributed by atoms with E-state index in [-0.39, 0.29) is 5.54 Å². The molecule has 0 atom stereocenters. The van der Waals surface area contributed by atoms with Crippen molar-refractivity contribution in [1.82, 2.24) is 20.3 Å². The predicted molar refractivity (Wildman–Crippen MR) is 87.5 cm³/mol. The van der Waals surface area contributed by atoms with Gasteiger partial charge in [0.25, 0.3) is 0 Å². The Morgan fingerprint density at radius 2 is 2.05 bits per heavy atom. The summed E-state index contributed by atoms with van der Waals surface area (Å²) in [6.07, 6.45) is 2.02. The highest BCUT2D eigenvalue weighted by Gasteiger charge is 2.11. The van der Waals surface area contributed by atoms with Gasteiger partial charge in [-0.2, -0.15) is 0 Å². The van der Waals surface area contributed by atoms with Gasteiger partial charge < -0.3 is 5.32 Å². The van der Waals surface area contributed by atoms with Crippen LogP contribution < -0.4 is 5.32 Å². The van der Waals surface area contributed by atoms with E-state index in [1.807, 2.05) is 10.9 Å². The van der Waals surface area contributed by atoms with Gasteiger partial charge in [0.1, 0.15) is 0 Å². The first-order valence-corrected chi connectivity index (χ1v) is 7.98. The van der Waals surface area contributed by atoms with Gasteiger partial charge in [-0.15, -0.1) is 16.4 Å². The molecule has 1 N–H and O–H groups in total. The van der Waals surface area contributed by atoms with Gasteiger partial charge in [0.2, 0.25) is 0 Å². The van der Waals surface area contributed by atoms with E-state index in [0.29, 0.717) is 0 Å². The molecule has 110 valence electrons. The fraction of sp³-hybridized carbons (Fsp3) is 0.375. The number of hydrogen-bond donors (Lipinski definition) is 1. The quantitative estimate of drug-likeness (QED) is 0.802. The number of fused-ring (bicyclic) bond motifs is 1. The molecular formula is C16H20N4S. The average molecular weight is 300 g/mol. The molecule has 0 aliphatic carbocycles. The van der Waals surface area contributed by atoms with Crippen molar-refractivity contribution in [1.29, 1.82) is 0 Å². The first-order chi connectivity index (χ1) is 10.0. The SMILES string of the molecule is CC(C)(C)NCc1cn(Cc2csc3ccccc23)nn1. The number of benzene rings is 1. The maximum atomic E-state index is 4.23. The van der Waals surface area contributed by atoms with Gasteiger partial charge in [-0.25, -0.2) is 4.68 Å². The van der Waals surface area contributed by atoms with Crippen molar-refractivity contribution in [3.8, 4) is 0 Å². The van der Waals surface area contributed by atoms with Crippen LogP contribution in [0.15, 0.2) is 35.8 Å². The van der Waals surface area contributed by atoms with E-state index < -0.39 is 0 Å². The summed E-state index contributed by atoms with van der Waals surface area (Å²) >= 11 is 1.78. The number of nitrogens with one attached hydrogen (secondary N) is 1. The van der Waals surface area contributed by atoms with Gasteiger partial charge in [-0.05, 0) is 43.2 Å². The zero-order valence-electron chi connectivity index (χ0n) is 12.6. The third kappa shape index (κ3) is 3.49. The lowest BCUT2D eigenvalue weighted by Gasteiger charge is -2.19. The molecule has 5 heteroatoms. The summed E-state index contributed by atoms with van der Waals surface area (Å²) in [6.45, 7) is 7.96. The maximum absolute atomic E-state index is 4.23. The molecule has 21 heavy (non-hydrogen) atoms. The van der Waals surface area contributed by atoms with Crippen LogP contribution in [0.5, 0.6) is 0 Å². The van der Waals surface area contributed by atoms with Crippen molar-refractivity contribution < 1.29 is 0 Å².